The molecule has 0 saturated carbocycles. The maximum Gasteiger partial charge on any atom is 0.191 e. The molecule has 0 heterocycles. The van der Waals surface area contributed by atoms with Gasteiger partial charge in [0.25, 0.3) is 0 Å². The van der Waals surface area contributed by atoms with Crippen molar-refractivity contribution >= 4 is 29.9 Å². The van der Waals surface area contributed by atoms with Crippen molar-refractivity contribution in [2.45, 2.75) is 20.0 Å². The molecule has 5 nitrogen and oxygen atoms in total. The highest BCUT2D eigenvalue weighted by Crippen LogP contribution is 2.13. The van der Waals surface area contributed by atoms with E-state index >= 15 is 0 Å². The van der Waals surface area contributed by atoms with Gasteiger partial charge in [-0.05, 0) is 55.9 Å². The summed E-state index contributed by atoms with van der Waals surface area (Å²) in [6, 6.07) is 13.1. The highest BCUT2D eigenvalue weighted by Gasteiger charge is 2.03. The average Bonchev–Trinajstić information content (AvgIpc) is 2.65. The normalized spacial score (nSPS) is 11.1. The Morgan fingerprint density at radius 1 is 1.07 bits per heavy atom. The second-order valence-corrected chi connectivity index (χ2v) is 6.66. The van der Waals surface area contributed by atoms with Crippen LogP contribution in [0.1, 0.15) is 16.7 Å². The molecule has 28 heavy (non-hydrogen) atoms. The molecule has 2 aromatic carbocycles. The number of nitrogens with one attached hydrogen (secondary N) is 2. The van der Waals surface area contributed by atoms with Crippen molar-refractivity contribution < 1.29 is 9.13 Å². The number of ether oxygens (including phenoxy) is 1. The predicted octanol–water partition coefficient (Wildman–Crippen LogP) is 3.56. The van der Waals surface area contributed by atoms with E-state index in [2.05, 4.69) is 20.5 Å². The Bertz CT molecular complexity index is 768. The third-order valence-corrected chi connectivity index (χ3v) is 4.07. The number of hydrogen-bond acceptors (Lipinski definition) is 3. The topological polar surface area (TPSA) is 48.9 Å². The molecule has 0 spiro atoms. The van der Waals surface area contributed by atoms with Crippen molar-refractivity contribution in [2.24, 2.45) is 4.99 Å². The molecule has 0 fully saturated rings. The molecule has 154 valence electrons. The standard InChI is InChI=1S/C21H29FN4O.HI/c1-16-12-18(8-9-20(16)22)15-25-21(23-2)24-14-17-6-5-7-19(13-17)27-11-10-26(3)4;/h5-9,12-13H,10-11,14-15H2,1-4H3,(H2,23,24,25);1H. The lowest BCUT2D eigenvalue weighted by molar-refractivity contribution is 0.261. The van der Waals surface area contributed by atoms with Gasteiger partial charge in [0.15, 0.2) is 5.96 Å². The van der Waals surface area contributed by atoms with Crippen LogP contribution in [0.5, 0.6) is 5.75 Å². The first-order valence-corrected chi connectivity index (χ1v) is 9.04. The fourth-order valence-electron chi connectivity index (χ4n) is 2.50. The molecule has 0 amide bonds. The smallest absolute Gasteiger partial charge is 0.191 e. The van der Waals surface area contributed by atoms with Gasteiger partial charge in [-0.25, -0.2) is 4.39 Å². The number of benzene rings is 2. The Morgan fingerprint density at radius 3 is 2.36 bits per heavy atom. The summed E-state index contributed by atoms with van der Waals surface area (Å²) < 4.78 is 19.1. The molecule has 0 aromatic heterocycles. The Labute approximate surface area is 184 Å². The van der Waals surface area contributed by atoms with E-state index < -0.39 is 0 Å². The van der Waals surface area contributed by atoms with E-state index in [1.165, 1.54) is 6.07 Å². The molecule has 0 bridgehead atoms. The van der Waals surface area contributed by atoms with Crippen LogP contribution in [0.3, 0.4) is 0 Å². The van der Waals surface area contributed by atoms with Crippen molar-refractivity contribution in [3.8, 4) is 5.75 Å². The van der Waals surface area contributed by atoms with Gasteiger partial charge in [0, 0.05) is 26.7 Å². The van der Waals surface area contributed by atoms with Crippen molar-refractivity contribution in [1.29, 1.82) is 0 Å². The number of guanidine groups is 1. The molecule has 2 N–H and O–H groups in total. The van der Waals surface area contributed by atoms with Gasteiger partial charge in [0.05, 0.1) is 0 Å². The Morgan fingerprint density at radius 2 is 1.75 bits per heavy atom. The van der Waals surface area contributed by atoms with Crippen molar-refractivity contribution in [1.82, 2.24) is 15.5 Å². The van der Waals surface area contributed by atoms with Crippen LogP contribution in [0.4, 0.5) is 4.39 Å². The van der Waals surface area contributed by atoms with E-state index in [0.29, 0.717) is 31.2 Å². The summed E-state index contributed by atoms with van der Waals surface area (Å²) in [4.78, 5) is 6.32. The fraction of sp³-hybridized carbons (Fsp3) is 0.381. The van der Waals surface area contributed by atoms with Crippen LogP contribution in [-0.2, 0) is 13.1 Å². The minimum absolute atomic E-state index is 0. The summed E-state index contributed by atoms with van der Waals surface area (Å²) >= 11 is 0. The summed E-state index contributed by atoms with van der Waals surface area (Å²) in [6.45, 7) is 4.51. The quantitative estimate of drug-likeness (QED) is 0.331. The number of rotatable bonds is 8. The van der Waals surface area contributed by atoms with E-state index in [4.69, 9.17) is 4.74 Å². The van der Waals surface area contributed by atoms with Crippen molar-refractivity contribution in [3.05, 3.63) is 65.0 Å². The second-order valence-electron chi connectivity index (χ2n) is 6.66. The molecule has 0 atom stereocenters. The van der Waals surface area contributed by atoms with Gasteiger partial charge in [0.2, 0.25) is 0 Å². The maximum absolute atomic E-state index is 13.4. The molecule has 0 aliphatic heterocycles. The predicted molar refractivity (Wildman–Crippen MR) is 124 cm³/mol. The van der Waals surface area contributed by atoms with Crippen molar-refractivity contribution in [3.63, 3.8) is 0 Å². The molecule has 7 heteroatoms. The molecular weight excluding hydrogens is 470 g/mol. The number of aliphatic imine (C=N–C) groups is 1. The van der Waals surface area contributed by atoms with E-state index in [1.807, 2.05) is 44.4 Å². The summed E-state index contributed by atoms with van der Waals surface area (Å²) in [5.41, 5.74) is 2.76. The zero-order valence-electron chi connectivity index (χ0n) is 17.0. The first-order valence-electron chi connectivity index (χ1n) is 9.04. The summed E-state index contributed by atoms with van der Waals surface area (Å²) in [5, 5.41) is 6.53. The Balaban J connectivity index is 0.00000392. The van der Waals surface area contributed by atoms with Gasteiger partial charge >= 0.3 is 0 Å². The lowest BCUT2D eigenvalue weighted by Gasteiger charge is -2.14. The van der Waals surface area contributed by atoms with Crippen LogP contribution in [0, 0.1) is 12.7 Å². The molecule has 0 aliphatic carbocycles. The number of hydrogen-bond donors (Lipinski definition) is 2. The van der Waals surface area contributed by atoms with Gasteiger partial charge in [0.1, 0.15) is 18.2 Å². The van der Waals surface area contributed by atoms with Gasteiger partial charge in [-0.15, -0.1) is 24.0 Å². The monoisotopic (exact) mass is 500 g/mol. The molecule has 0 aliphatic rings. The zero-order chi connectivity index (χ0) is 19.6. The van der Waals surface area contributed by atoms with Crippen LogP contribution in [0.25, 0.3) is 0 Å². The first-order chi connectivity index (χ1) is 13.0. The molecule has 0 unspecified atom stereocenters. The van der Waals surface area contributed by atoms with Crippen molar-refractivity contribution in [2.75, 3.05) is 34.3 Å². The highest BCUT2D eigenvalue weighted by molar-refractivity contribution is 14.0. The van der Waals surface area contributed by atoms with E-state index in [9.17, 15) is 4.39 Å². The minimum atomic E-state index is -0.186. The molecule has 2 rings (SSSR count). The van der Waals surface area contributed by atoms with Gasteiger partial charge < -0.3 is 20.3 Å². The maximum atomic E-state index is 13.4. The van der Waals surface area contributed by atoms with Crippen LogP contribution in [0.2, 0.25) is 0 Å². The average molecular weight is 500 g/mol. The third-order valence-electron chi connectivity index (χ3n) is 4.07. The number of nitrogens with zero attached hydrogens (tertiary/aromatic N) is 2. The highest BCUT2D eigenvalue weighted by atomic mass is 127. The van der Waals surface area contributed by atoms with Gasteiger partial charge in [-0.2, -0.15) is 0 Å². The lowest BCUT2D eigenvalue weighted by atomic mass is 10.1. The molecular formula is C21H30FIN4O. The van der Waals surface area contributed by atoms with E-state index in [0.717, 1.165) is 23.4 Å². The molecule has 0 radical (unpaired) electrons. The fourth-order valence-corrected chi connectivity index (χ4v) is 2.50. The third kappa shape index (κ3) is 8.43. The number of likely N-dealkylation sites (N-methyl/N-ethyl adjacent to an activating group) is 1. The number of aryl methyl sites for hydroxylation is 1. The van der Waals surface area contributed by atoms with Crippen LogP contribution >= 0.6 is 24.0 Å². The minimum Gasteiger partial charge on any atom is -0.492 e. The number of halogens is 2. The Hall–Kier alpha value is -1.87. The van der Waals surface area contributed by atoms with Crippen LogP contribution in [0.15, 0.2) is 47.5 Å². The Kier molecular flexibility index (Phi) is 10.8. The summed E-state index contributed by atoms with van der Waals surface area (Å²) in [6.07, 6.45) is 0. The van der Waals surface area contributed by atoms with Crippen LogP contribution in [-0.4, -0.2) is 45.2 Å². The molecule has 2 aromatic rings. The van der Waals surface area contributed by atoms with E-state index in [1.54, 1.807) is 20.0 Å². The lowest BCUT2D eigenvalue weighted by Crippen LogP contribution is -2.36. The molecule has 0 saturated heterocycles. The van der Waals surface area contributed by atoms with Crippen LogP contribution < -0.4 is 15.4 Å². The van der Waals surface area contributed by atoms with Gasteiger partial charge in [-0.1, -0.05) is 24.3 Å². The zero-order valence-corrected chi connectivity index (χ0v) is 19.3. The van der Waals surface area contributed by atoms with Gasteiger partial charge in [-0.3, -0.25) is 4.99 Å². The largest absolute Gasteiger partial charge is 0.492 e. The second kappa shape index (κ2) is 12.6. The first kappa shape index (κ1) is 24.2. The summed E-state index contributed by atoms with van der Waals surface area (Å²) in [7, 11) is 5.77. The van der Waals surface area contributed by atoms with E-state index in [-0.39, 0.29) is 29.8 Å². The SMILES string of the molecule is CN=C(NCc1cccc(OCCN(C)C)c1)NCc1ccc(F)c(C)c1.I. The summed E-state index contributed by atoms with van der Waals surface area (Å²) in [5.74, 6) is 1.37.